The van der Waals surface area contributed by atoms with Gasteiger partial charge in [0, 0.05) is 11.4 Å². The Bertz CT molecular complexity index is 2050. The number of fused-ring (bicyclic) bond motifs is 2. The van der Waals surface area contributed by atoms with Crippen LogP contribution in [0, 0.1) is 6.92 Å². The van der Waals surface area contributed by atoms with Gasteiger partial charge in [-0.15, -0.1) is 0 Å². The Kier molecular flexibility index (Phi) is 6.73. The van der Waals surface area contributed by atoms with Crippen LogP contribution in [0.25, 0.3) is 33.4 Å². The van der Waals surface area contributed by atoms with Crippen molar-refractivity contribution < 1.29 is 0 Å². The first kappa shape index (κ1) is 26.7. The van der Waals surface area contributed by atoms with E-state index in [4.69, 9.17) is 0 Å². The first-order valence-electron chi connectivity index (χ1n) is 15.4. The number of hydrogen-bond donors (Lipinski definition) is 0. The van der Waals surface area contributed by atoms with Crippen molar-refractivity contribution in [3.8, 4) is 33.4 Å². The van der Waals surface area contributed by atoms with E-state index in [0.717, 1.165) is 34.1 Å². The highest BCUT2D eigenvalue weighted by atomic mass is 15.3. The Hall–Kier alpha value is -5.86. The van der Waals surface area contributed by atoms with E-state index in [9.17, 15) is 0 Å². The average Bonchev–Trinajstić information content (AvgIpc) is 3.11. The maximum Gasteiger partial charge on any atom is 0.0703 e. The van der Waals surface area contributed by atoms with Gasteiger partial charge in [0.1, 0.15) is 0 Å². The third kappa shape index (κ3) is 4.97. The summed E-state index contributed by atoms with van der Waals surface area (Å²) in [5.74, 6) is 0. The third-order valence-electron chi connectivity index (χ3n) is 8.60. The Balaban J connectivity index is 1.12. The minimum atomic E-state index is 1.14. The molecule has 45 heavy (non-hydrogen) atoms. The molecule has 0 atom stereocenters. The molecule has 1 aliphatic rings. The molecule has 0 fully saturated rings. The highest BCUT2D eigenvalue weighted by Crippen LogP contribution is 2.53. The number of benzene rings is 7. The molecule has 214 valence electrons. The fourth-order valence-electron chi connectivity index (χ4n) is 6.48. The summed E-state index contributed by atoms with van der Waals surface area (Å²) >= 11 is 0. The van der Waals surface area contributed by atoms with E-state index in [2.05, 4.69) is 193 Å². The molecule has 0 bridgehead atoms. The fraction of sp³-hybridized carbons (Fsp3) is 0.0233. The molecule has 1 aliphatic heterocycles. The quantitative estimate of drug-likeness (QED) is 0.201. The van der Waals surface area contributed by atoms with Crippen molar-refractivity contribution in [2.24, 2.45) is 0 Å². The molecule has 0 saturated carbocycles. The lowest BCUT2D eigenvalue weighted by Gasteiger charge is -2.40. The molecular formula is C43H32N2. The molecule has 0 spiro atoms. The molecule has 8 rings (SSSR count). The molecule has 0 saturated heterocycles. The average molecular weight is 577 g/mol. The Labute approximate surface area is 265 Å². The van der Waals surface area contributed by atoms with Gasteiger partial charge in [-0.05, 0) is 100 Å². The molecule has 0 amide bonds. The van der Waals surface area contributed by atoms with Crippen molar-refractivity contribution in [1.82, 2.24) is 0 Å². The van der Waals surface area contributed by atoms with Gasteiger partial charge in [-0.25, -0.2) is 0 Å². The van der Waals surface area contributed by atoms with Crippen molar-refractivity contribution >= 4 is 34.1 Å². The van der Waals surface area contributed by atoms with Crippen LogP contribution in [0.15, 0.2) is 176 Å². The summed E-state index contributed by atoms with van der Waals surface area (Å²) in [5, 5.41) is 0. The SMILES string of the molecule is Cc1cc(-c2ccccc2)cc(-c2ccc(-c3ccc(N4c5ccccc5N(c5ccccc5)c5ccccc54)cc3)cc2)c1. The van der Waals surface area contributed by atoms with Crippen molar-refractivity contribution in [3.05, 3.63) is 181 Å². The number of aryl methyl sites for hydroxylation is 1. The topological polar surface area (TPSA) is 6.48 Å². The van der Waals surface area contributed by atoms with Gasteiger partial charge in [-0.2, -0.15) is 0 Å². The first-order chi connectivity index (χ1) is 22.2. The second-order valence-corrected chi connectivity index (χ2v) is 11.6. The summed E-state index contributed by atoms with van der Waals surface area (Å²) < 4.78 is 0. The van der Waals surface area contributed by atoms with E-state index in [0.29, 0.717) is 0 Å². The van der Waals surface area contributed by atoms with E-state index >= 15 is 0 Å². The summed E-state index contributed by atoms with van der Waals surface area (Å²) in [6.45, 7) is 2.17. The van der Waals surface area contributed by atoms with Gasteiger partial charge in [0.05, 0.1) is 22.7 Å². The van der Waals surface area contributed by atoms with E-state index < -0.39 is 0 Å². The zero-order chi connectivity index (χ0) is 30.2. The van der Waals surface area contributed by atoms with Crippen molar-refractivity contribution in [2.75, 3.05) is 9.80 Å². The minimum absolute atomic E-state index is 1.14. The second-order valence-electron chi connectivity index (χ2n) is 11.6. The normalized spacial score (nSPS) is 12.0. The van der Waals surface area contributed by atoms with E-state index in [1.54, 1.807) is 0 Å². The van der Waals surface area contributed by atoms with E-state index in [-0.39, 0.29) is 0 Å². The van der Waals surface area contributed by atoms with Crippen LogP contribution < -0.4 is 9.80 Å². The molecule has 2 heteroatoms. The van der Waals surface area contributed by atoms with Crippen molar-refractivity contribution in [3.63, 3.8) is 0 Å². The number of nitrogens with zero attached hydrogens (tertiary/aromatic N) is 2. The van der Waals surface area contributed by atoms with E-state index in [1.165, 1.54) is 38.9 Å². The smallest absolute Gasteiger partial charge is 0.0703 e. The Morgan fingerprint density at radius 3 is 1.09 bits per heavy atom. The second kappa shape index (κ2) is 11.3. The summed E-state index contributed by atoms with van der Waals surface area (Å²) in [7, 11) is 0. The lowest BCUT2D eigenvalue weighted by molar-refractivity contribution is 1.17. The van der Waals surface area contributed by atoms with Gasteiger partial charge in [0.15, 0.2) is 0 Å². The van der Waals surface area contributed by atoms with Crippen LogP contribution in [-0.4, -0.2) is 0 Å². The van der Waals surface area contributed by atoms with Crippen LogP contribution in [0.2, 0.25) is 0 Å². The number of para-hydroxylation sites is 5. The predicted octanol–water partition coefficient (Wildman–Crippen LogP) is 12.2. The molecule has 0 radical (unpaired) electrons. The van der Waals surface area contributed by atoms with Gasteiger partial charge in [-0.3, -0.25) is 0 Å². The zero-order valence-corrected chi connectivity index (χ0v) is 25.1. The molecule has 1 heterocycles. The van der Waals surface area contributed by atoms with Crippen LogP contribution in [0.5, 0.6) is 0 Å². The van der Waals surface area contributed by atoms with Gasteiger partial charge < -0.3 is 9.80 Å². The number of anilines is 6. The standard InChI is InChI=1S/C43H32N2/c1-31-28-36(32-12-4-2-5-13-32)30-37(29-31)35-22-20-33(21-23-35)34-24-26-39(27-25-34)45-42-18-10-8-16-40(42)44(38-14-6-3-7-15-38)41-17-9-11-19-43(41)45/h2-30H,1H3. The molecule has 0 aliphatic carbocycles. The van der Waals surface area contributed by atoms with E-state index in [1.807, 2.05) is 0 Å². The van der Waals surface area contributed by atoms with Crippen LogP contribution in [-0.2, 0) is 0 Å². The van der Waals surface area contributed by atoms with Gasteiger partial charge in [-0.1, -0.05) is 121 Å². The van der Waals surface area contributed by atoms with Crippen LogP contribution in [0.1, 0.15) is 5.56 Å². The fourth-order valence-corrected chi connectivity index (χ4v) is 6.48. The minimum Gasteiger partial charge on any atom is -0.306 e. The zero-order valence-electron chi connectivity index (χ0n) is 25.1. The molecule has 0 aromatic heterocycles. The maximum absolute atomic E-state index is 2.37. The molecule has 0 N–H and O–H groups in total. The van der Waals surface area contributed by atoms with Crippen LogP contribution in [0.3, 0.4) is 0 Å². The lowest BCUT2D eigenvalue weighted by Crippen LogP contribution is -2.23. The lowest BCUT2D eigenvalue weighted by atomic mass is 9.95. The summed E-state index contributed by atoms with van der Waals surface area (Å²) in [6, 6.07) is 63.2. The summed E-state index contributed by atoms with van der Waals surface area (Å²) in [6.07, 6.45) is 0. The highest BCUT2D eigenvalue weighted by molar-refractivity contribution is 6.01. The number of rotatable bonds is 5. The third-order valence-corrected chi connectivity index (χ3v) is 8.60. The molecule has 7 aromatic carbocycles. The van der Waals surface area contributed by atoms with Crippen molar-refractivity contribution in [2.45, 2.75) is 6.92 Å². The summed E-state index contributed by atoms with van der Waals surface area (Å²) in [4.78, 5) is 4.73. The van der Waals surface area contributed by atoms with Crippen LogP contribution in [0.4, 0.5) is 34.1 Å². The van der Waals surface area contributed by atoms with Gasteiger partial charge in [0.25, 0.3) is 0 Å². The molecule has 0 unspecified atom stereocenters. The van der Waals surface area contributed by atoms with Crippen LogP contribution >= 0.6 is 0 Å². The summed E-state index contributed by atoms with van der Waals surface area (Å²) in [5.41, 5.74) is 15.5. The Morgan fingerprint density at radius 1 is 0.289 bits per heavy atom. The monoisotopic (exact) mass is 576 g/mol. The van der Waals surface area contributed by atoms with Crippen molar-refractivity contribution in [1.29, 1.82) is 0 Å². The highest BCUT2D eigenvalue weighted by Gasteiger charge is 2.29. The van der Waals surface area contributed by atoms with Gasteiger partial charge in [0.2, 0.25) is 0 Å². The largest absolute Gasteiger partial charge is 0.306 e. The molecule has 7 aromatic rings. The Morgan fingerprint density at radius 2 is 0.622 bits per heavy atom. The number of hydrogen-bond acceptors (Lipinski definition) is 2. The molecule has 2 nitrogen and oxygen atoms in total. The molecular weight excluding hydrogens is 544 g/mol. The first-order valence-corrected chi connectivity index (χ1v) is 15.4. The predicted molar refractivity (Wildman–Crippen MR) is 190 cm³/mol. The maximum atomic E-state index is 2.37. The van der Waals surface area contributed by atoms with Gasteiger partial charge >= 0.3 is 0 Å².